The number of hydrogen-bond acceptors (Lipinski definition) is 4. The van der Waals surface area contributed by atoms with Crippen molar-refractivity contribution >= 4 is 17.3 Å². The number of carbonyl (C=O) groups excluding carboxylic acids is 1. The number of nitrogens with zero attached hydrogens (tertiary/aromatic N) is 1. The molecule has 0 saturated carbocycles. The van der Waals surface area contributed by atoms with Crippen molar-refractivity contribution in [3.8, 4) is 0 Å². The Bertz CT molecular complexity index is 463. The smallest absolute Gasteiger partial charge is 0.253 e. The number of carbonyl (C=O) groups is 1. The highest BCUT2D eigenvalue weighted by Crippen LogP contribution is 2.19. The van der Waals surface area contributed by atoms with Gasteiger partial charge in [-0.2, -0.15) is 0 Å². The normalized spacial score (nSPS) is 11.2. The fraction of sp³-hybridized carbons (Fsp3) is 0.562. The third-order valence-electron chi connectivity index (χ3n) is 3.53. The average Bonchev–Trinajstić information content (AvgIpc) is 2.42. The van der Waals surface area contributed by atoms with Gasteiger partial charge in [0.05, 0.1) is 5.56 Å². The summed E-state index contributed by atoms with van der Waals surface area (Å²) in [5.41, 5.74) is 7.86. The van der Waals surface area contributed by atoms with Gasteiger partial charge in [-0.05, 0) is 45.9 Å². The monoisotopic (exact) mass is 292 g/mol. The molecule has 0 saturated heterocycles. The Labute approximate surface area is 127 Å². The van der Waals surface area contributed by atoms with Gasteiger partial charge < -0.3 is 16.4 Å². The highest BCUT2D eigenvalue weighted by atomic mass is 16.1. The van der Waals surface area contributed by atoms with Crippen LogP contribution in [0.15, 0.2) is 18.2 Å². The van der Waals surface area contributed by atoms with Crippen molar-refractivity contribution in [2.75, 3.05) is 31.2 Å². The summed E-state index contributed by atoms with van der Waals surface area (Å²) in [5, 5.41) is 5.97. The van der Waals surface area contributed by atoms with Gasteiger partial charge in [0.1, 0.15) is 0 Å². The van der Waals surface area contributed by atoms with Crippen LogP contribution in [-0.4, -0.2) is 43.0 Å². The van der Waals surface area contributed by atoms with E-state index >= 15 is 0 Å². The largest absolute Gasteiger partial charge is 0.399 e. The van der Waals surface area contributed by atoms with Crippen molar-refractivity contribution in [2.24, 2.45) is 0 Å². The van der Waals surface area contributed by atoms with Crippen molar-refractivity contribution in [2.45, 2.75) is 39.8 Å². The number of hydrogen-bond donors (Lipinski definition) is 3. The summed E-state index contributed by atoms with van der Waals surface area (Å²) in [6.45, 7) is 10.4. The molecule has 21 heavy (non-hydrogen) atoms. The molecule has 0 aliphatic carbocycles. The van der Waals surface area contributed by atoms with Crippen LogP contribution in [0.4, 0.5) is 11.4 Å². The zero-order chi connectivity index (χ0) is 16.0. The molecule has 1 aromatic carbocycles. The Morgan fingerprint density at radius 3 is 2.38 bits per heavy atom. The number of nitrogens with two attached hydrogens (primary N) is 1. The highest BCUT2D eigenvalue weighted by Gasteiger charge is 2.14. The topological polar surface area (TPSA) is 70.4 Å². The van der Waals surface area contributed by atoms with E-state index in [1.807, 2.05) is 0 Å². The molecular weight excluding hydrogens is 264 g/mol. The minimum atomic E-state index is -0.109. The fourth-order valence-electron chi connectivity index (χ4n) is 2.47. The first-order valence-corrected chi connectivity index (χ1v) is 7.48. The predicted molar refractivity (Wildman–Crippen MR) is 89.7 cm³/mol. The van der Waals surface area contributed by atoms with Crippen LogP contribution < -0.4 is 16.4 Å². The second kappa shape index (κ2) is 7.88. The summed E-state index contributed by atoms with van der Waals surface area (Å²) in [6, 6.07) is 6.28. The Kier molecular flexibility index (Phi) is 6.49. The molecular formula is C16H28N4O. The standard InChI is InChI=1S/C16H28N4O/c1-11(2)20(12(3)4)9-8-19-15-10-13(17)6-7-14(15)16(21)18-5/h6-7,10-12,19H,8-9,17H2,1-5H3,(H,18,21). The maximum absolute atomic E-state index is 11.9. The van der Waals surface area contributed by atoms with Crippen LogP contribution in [0.1, 0.15) is 38.1 Å². The van der Waals surface area contributed by atoms with Gasteiger partial charge in [-0.1, -0.05) is 0 Å². The van der Waals surface area contributed by atoms with Crippen LogP contribution >= 0.6 is 0 Å². The number of nitrogen functional groups attached to an aromatic ring is 1. The zero-order valence-electron chi connectivity index (χ0n) is 13.7. The molecule has 0 aliphatic rings. The lowest BCUT2D eigenvalue weighted by atomic mass is 10.1. The Morgan fingerprint density at radius 1 is 1.24 bits per heavy atom. The Balaban J connectivity index is 2.74. The number of amides is 1. The van der Waals surface area contributed by atoms with Gasteiger partial charge in [-0.15, -0.1) is 0 Å². The van der Waals surface area contributed by atoms with Crippen LogP contribution in [0, 0.1) is 0 Å². The van der Waals surface area contributed by atoms with Crippen molar-refractivity contribution in [3.63, 3.8) is 0 Å². The molecule has 0 bridgehead atoms. The third-order valence-corrected chi connectivity index (χ3v) is 3.53. The number of benzene rings is 1. The Morgan fingerprint density at radius 2 is 1.86 bits per heavy atom. The molecule has 0 spiro atoms. The molecule has 0 unspecified atom stereocenters. The molecule has 0 fully saturated rings. The van der Waals surface area contributed by atoms with E-state index in [2.05, 4.69) is 43.2 Å². The molecule has 0 radical (unpaired) electrons. The summed E-state index contributed by atoms with van der Waals surface area (Å²) >= 11 is 0. The SMILES string of the molecule is CNC(=O)c1ccc(N)cc1NCCN(C(C)C)C(C)C. The van der Waals surface area contributed by atoms with Gasteiger partial charge >= 0.3 is 0 Å². The van der Waals surface area contributed by atoms with Crippen LogP contribution in [0.25, 0.3) is 0 Å². The maximum Gasteiger partial charge on any atom is 0.253 e. The van der Waals surface area contributed by atoms with Crippen LogP contribution in [0.3, 0.4) is 0 Å². The minimum absolute atomic E-state index is 0.109. The molecule has 0 atom stereocenters. The van der Waals surface area contributed by atoms with E-state index in [1.54, 1.807) is 25.2 Å². The van der Waals surface area contributed by atoms with Crippen molar-refractivity contribution in [3.05, 3.63) is 23.8 Å². The molecule has 5 heteroatoms. The highest BCUT2D eigenvalue weighted by molar-refractivity contribution is 6.00. The first kappa shape index (κ1) is 17.3. The fourth-order valence-corrected chi connectivity index (χ4v) is 2.47. The van der Waals surface area contributed by atoms with E-state index in [0.29, 0.717) is 23.3 Å². The first-order valence-electron chi connectivity index (χ1n) is 7.48. The van der Waals surface area contributed by atoms with E-state index in [0.717, 1.165) is 18.8 Å². The maximum atomic E-state index is 11.9. The van der Waals surface area contributed by atoms with E-state index in [-0.39, 0.29) is 5.91 Å². The number of anilines is 2. The van der Waals surface area contributed by atoms with Crippen LogP contribution in [0.2, 0.25) is 0 Å². The van der Waals surface area contributed by atoms with Gasteiger partial charge in [0.2, 0.25) is 0 Å². The van der Waals surface area contributed by atoms with Crippen molar-refractivity contribution in [1.82, 2.24) is 10.2 Å². The molecule has 4 N–H and O–H groups in total. The quantitative estimate of drug-likeness (QED) is 0.674. The number of nitrogens with one attached hydrogen (secondary N) is 2. The van der Waals surface area contributed by atoms with E-state index in [4.69, 9.17) is 5.73 Å². The molecule has 1 aromatic rings. The van der Waals surface area contributed by atoms with Gasteiger partial charge in [0.15, 0.2) is 0 Å². The third kappa shape index (κ3) is 4.93. The Hall–Kier alpha value is -1.75. The van der Waals surface area contributed by atoms with Crippen LogP contribution in [0.5, 0.6) is 0 Å². The van der Waals surface area contributed by atoms with Gasteiger partial charge in [0, 0.05) is 43.6 Å². The lowest BCUT2D eigenvalue weighted by Crippen LogP contribution is -2.40. The van der Waals surface area contributed by atoms with E-state index in [9.17, 15) is 4.79 Å². The molecule has 118 valence electrons. The van der Waals surface area contributed by atoms with Crippen LogP contribution in [-0.2, 0) is 0 Å². The summed E-state index contributed by atoms with van der Waals surface area (Å²) in [4.78, 5) is 14.3. The molecule has 1 rings (SSSR count). The summed E-state index contributed by atoms with van der Waals surface area (Å²) < 4.78 is 0. The lowest BCUT2D eigenvalue weighted by molar-refractivity contribution is 0.0964. The lowest BCUT2D eigenvalue weighted by Gasteiger charge is -2.30. The van der Waals surface area contributed by atoms with Gasteiger partial charge in [-0.25, -0.2) is 0 Å². The second-order valence-corrected chi connectivity index (χ2v) is 5.74. The van der Waals surface area contributed by atoms with Gasteiger partial charge in [-0.3, -0.25) is 9.69 Å². The summed E-state index contributed by atoms with van der Waals surface area (Å²) in [5.74, 6) is -0.109. The molecule has 0 aromatic heterocycles. The van der Waals surface area contributed by atoms with E-state index < -0.39 is 0 Å². The van der Waals surface area contributed by atoms with Gasteiger partial charge in [0.25, 0.3) is 5.91 Å². The molecule has 5 nitrogen and oxygen atoms in total. The summed E-state index contributed by atoms with van der Waals surface area (Å²) in [6.07, 6.45) is 0. The minimum Gasteiger partial charge on any atom is -0.399 e. The van der Waals surface area contributed by atoms with Crippen molar-refractivity contribution in [1.29, 1.82) is 0 Å². The first-order chi connectivity index (χ1) is 9.86. The van der Waals surface area contributed by atoms with E-state index in [1.165, 1.54) is 0 Å². The molecule has 1 amide bonds. The zero-order valence-corrected chi connectivity index (χ0v) is 13.7. The summed E-state index contributed by atoms with van der Waals surface area (Å²) in [7, 11) is 1.63. The average molecular weight is 292 g/mol. The van der Waals surface area contributed by atoms with Crippen molar-refractivity contribution < 1.29 is 4.79 Å². The number of rotatable bonds is 7. The molecule has 0 heterocycles. The molecule has 0 aliphatic heterocycles. The predicted octanol–water partition coefficient (Wildman–Crippen LogP) is 2.16. The second-order valence-electron chi connectivity index (χ2n) is 5.74.